The lowest BCUT2D eigenvalue weighted by molar-refractivity contribution is 0.0169. The third-order valence-electron chi connectivity index (χ3n) is 3.71. The molecule has 0 saturated carbocycles. The number of carbonyl (C=O) groups excluding carboxylic acids is 1. The van der Waals surface area contributed by atoms with E-state index in [1.165, 1.54) is 32.4 Å². The van der Waals surface area contributed by atoms with Crippen LogP contribution < -0.4 is 0 Å². The van der Waals surface area contributed by atoms with E-state index in [4.69, 9.17) is 4.74 Å². The van der Waals surface area contributed by atoms with Crippen LogP contribution in [0.1, 0.15) is 46.5 Å². The average molecular weight is 254 g/mol. The Hall–Kier alpha value is -0.770. The van der Waals surface area contributed by atoms with Gasteiger partial charge in [-0.2, -0.15) is 0 Å². The number of amides is 1. The Morgan fingerprint density at radius 1 is 1.11 bits per heavy atom. The molecule has 1 amide bonds. The van der Waals surface area contributed by atoms with Crippen LogP contribution in [0.2, 0.25) is 0 Å². The Morgan fingerprint density at radius 3 is 2.39 bits per heavy atom. The third-order valence-corrected chi connectivity index (χ3v) is 3.71. The number of rotatable bonds is 1. The van der Waals surface area contributed by atoms with E-state index in [0.29, 0.717) is 6.04 Å². The topological polar surface area (TPSA) is 32.8 Å². The molecule has 2 rings (SSSR count). The summed E-state index contributed by atoms with van der Waals surface area (Å²) in [6.07, 6.45) is 4.71. The van der Waals surface area contributed by atoms with Gasteiger partial charge in [0, 0.05) is 19.1 Å². The predicted molar refractivity (Wildman–Crippen MR) is 71.6 cm³/mol. The van der Waals surface area contributed by atoms with Crippen LogP contribution in [0.3, 0.4) is 0 Å². The fourth-order valence-corrected chi connectivity index (χ4v) is 2.62. The monoisotopic (exact) mass is 254 g/mol. The van der Waals surface area contributed by atoms with Crippen molar-refractivity contribution in [2.24, 2.45) is 0 Å². The van der Waals surface area contributed by atoms with Crippen LogP contribution in [0.15, 0.2) is 0 Å². The molecule has 0 bridgehead atoms. The van der Waals surface area contributed by atoms with E-state index in [-0.39, 0.29) is 6.09 Å². The van der Waals surface area contributed by atoms with Crippen LogP contribution in [0, 0.1) is 0 Å². The maximum absolute atomic E-state index is 12.1. The zero-order valence-corrected chi connectivity index (χ0v) is 11.9. The fraction of sp³-hybridized carbons (Fsp3) is 0.929. The summed E-state index contributed by atoms with van der Waals surface area (Å²) < 4.78 is 5.48. The molecule has 1 atom stereocenters. The van der Waals surface area contributed by atoms with E-state index in [1.54, 1.807) is 0 Å². The van der Waals surface area contributed by atoms with E-state index in [0.717, 1.165) is 19.5 Å². The number of ether oxygens (including phenoxy) is 1. The van der Waals surface area contributed by atoms with Gasteiger partial charge in [-0.15, -0.1) is 0 Å². The fourth-order valence-electron chi connectivity index (χ4n) is 2.62. The minimum atomic E-state index is -0.393. The van der Waals surface area contributed by atoms with E-state index in [2.05, 4.69) is 4.90 Å². The van der Waals surface area contributed by atoms with Gasteiger partial charge in [0.2, 0.25) is 0 Å². The van der Waals surface area contributed by atoms with Crippen LogP contribution in [0.25, 0.3) is 0 Å². The van der Waals surface area contributed by atoms with E-state index < -0.39 is 5.60 Å². The first-order valence-corrected chi connectivity index (χ1v) is 7.18. The van der Waals surface area contributed by atoms with Gasteiger partial charge >= 0.3 is 6.09 Å². The van der Waals surface area contributed by atoms with Gasteiger partial charge in [-0.05, 0) is 53.1 Å². The third kappa shape index (κ3) is 3.61. The maximum Gasteiger partial charge on any atom is 0.410 e. The molecule has 104 valence electrons. The number of carbonyl (C=O) groups is 1. The van der Waals surface area contributed by atoms with E-state index in [1.807, 2.05) is 25.7 Å². The summed E-state index contributed by atoms with van der Waals surface area (Å²) in [5.41, 5.74) is -0.393. The van der Waals surface area contributed by atoms with E-state index in [9.17, 15) is 4.79 Å². The number of hydrogen-bond donors (Lipinski definition) is 0. The molecule has 2 heterocycles. The van der Waals surface area contributed by atoms with Crippen molar-refractivity contribution in [1.29, 1.82) is 0 Å². The Bertz CT molecular complexity index is 295. The highest BCUT2D eigenvalue weighted by Crippen LogP contribution is 2.21. The lowest BCUT2D eigenvalue weighted by Crippen LogP contribution is -2.51. The van der Waals surface area contributed by atoms with Crippen LogP contribution in [0.5, 0.6) is 0 Å². The lowest BCUT2D eigenvalue weighted by atomic mass is 10.1. The lowest BCUT2D eigenvalue weighted by Gasteiger charge is -2.39. The summed E-state index contributed by atoms with van der Waals surface area (Å²) in [6.45, 7) is 9.87. The molecule has 2 aliphatic rings. The van der Waals surface area contributed by atoms with Gasteiger partial charge in [0.15, 0.2) is 0 Å². The summed E-state index contributed by atoms with van der Waals surface area (Å²) in [5, 5.41) is 0. The molecule has 2 aliphatic heterocycles. The Kier molecular flexibility index (Phi) is 4.15. The molecule has 4 heteroatoms. The smallest absolute Gasteiger partial charge is 0.410 e. The number of nitrogens with zero attached hydrogens (tertiary/aromatic N) is 2. The minimum absolute atomic E-state index is 0.144. The molecule has 0 unspecified atom stereocenters. The van der Waals surface area contributed by atoms with Crippen molar-refractivity contribution in [2.75, 3.05) is 26.2 Å². The number of hydrogen-bond acceptors (Lipinski definition) is 3. The molecule has 0 aliphatic carbocycles. The number of likely N-dealkylation sites (tertiary alicyclic amines) is 2. The first-order chi connectivity index (χ1) is 8.46. The maximum atomic E-state index is 12.1. The molecule has 18 heavy (non-hydrogen) atoms. The highest BCUT2D eigenvalue weighted by Gasteiger charge is 2.30. The van der Waals surface area contributed by atoms with Crippen LogP contribution >= 0.6 is 0 Å². The molecule has 2 saturated heterocycles. The largest absolute Gasteiger partial charge is 0.444 e. The van der Waals surface area contributed by atoms with Gasteiger partial charge in [0.25, 0.3) is 0 Å². The van der Waals surface area contributed by atoms with Gasteiger partial charge in [0.1, 0.15) is 5.60 Å². The first kappa shape index (κ1) is 13.7. The second-order valence-electron chi connectivity index (χ2n) is 6.47. The van der Waals surface area contributed by atoms with Gasteiger partial charge in [-0.3, -0.25) is 4.90 Å². The second-order valence-corrected chi connectivity index (χ2v) is 6.47. The summed E-state index contributed by atoms with van der Waals surface area (Å²) in [7, 11) is 0. The Labute approximate surface area is 110 Å². The molecule has 0 aromatic carbocycles. The van der Waals surface area contributed by atoms with Crippen molar-refractivity contribution in [3.05, 3.63) is 0 Å². The highest BCUT2D eigenvalue weighted by atomic mass is 16.6. The van der Waals surface area contributed by atoms with Crippen molar-refractivity contribution in [2.45, 2.75) is 58.1 Å². The van der Waals surface area contributed by atoms with Crippen molar-refractivity contribution in [3.63, 3.8) is 0 Å². The van der Waals surface area contributed by atoms with Crippen molar-refractivity contribution in [1.82, 2.24) is 9.80 Å². The molecule has 0 aromatic heterocycles. The summed E-state index contributed by atoms with van der Waals surface area (Å²) in [4.78, 5) is 16.5. The molecule has 0 radical (unpaired) electrons. The van der Waals surface area contributed by atoms with Gasteiger partial charge in [0.05, 0.1) is 0 Å². The van der Waals surface area contributed by atoms with E-state index >= 15 is 0 Å². The predicted octanol–water partition coefficient (Wildman–Crippen LogP) is 2.48. The van der Waals surface area contributed by atoms with Crippen LogP contribution in [-0.2, 0) is 4.74 Å². The molecular weight excluding hydrogens is 228 g/mol. The first-order valence-electron chi connectivity index (χ1n) is 7.18. The standard InChI is InChI=1S/C14H26N2O2/c1-14(2,3)18-13(17)16-8-5-4-7-12(11-16)15-9-6-10-15/h12H,4-11H2,1-3H3/t12-/m1/s1. The summed E-state index contributed by atoms with van der Waals surface area (Å²) in [5.74, 6) is 0. The van der Waals surface area contributed by atoms with Crippen molar-refractivity contribution < 1.29 is 9.53 Å². The normalized spacial score (nSPS) is 26.4. The van der Waals surface area contributed by atoms with Gasteiger partial charge in [-0.1, -0.05) is 6.42 Å². The van der Waals surface area contributed by atoms with Crippen molar-refractivity contribution in [3.8, 4) is 0 Å². The van der Waals surface area contributed by atoms with Gasteiger partial charge in [-0.25, -0.2) is 4.79 Å². The molecule has 2 fully saturated rings. The minimum Gasteiger partial charge on any atom is -0.444 e. The highest BCUT2D eigenvalue weighted by molar-refractivity contribution is 5.68. The molecule has 0 N–H and O–H groups in total. The quantitative estimate of drug-likeness (QED) is 0.720. The van der Waals surface area contributed by atoms with Crippen molar-refractivity contribution >= 4 is 6.09 Å². The summed E-state index contributed by atoms with van der Waals surface area (Å²) in [6, 6.07) is 0.550. The average Bonchev–Trinajstić information content (AvgIpc) is 2.38. The Balaban J connectivity index is 1.91. The van der Waals surface area contributed by atoms with Crippen LogP contribution in [-0.4, -0.2) is 53.7 Å². The van der Waals surface area contributed by atoms with Crippen LogP contribution in [0.4, 0.5) is 4.79 Å². The molecule has 0 aromatic rings. The SMILES string of the molecule is CC(C)(C)OC(=O)N1CCCC[C@@H](N2CCC2)C1. The summed E-state index contributed by atoms with van der Waals surface area (Å²) >= 11 is 0. The zero-order valence-electron chi connectivity index (χ0n) is 11.9. The molecule has 4 nitrogen and oxygen atoms in total. The Morgan fingerprint density at radius 2 is 1.83 bits per heavy atom. The molecular formula is C14H26N2O2. The zero-order chi connectivity index (χ0) is 13.2. The van der Waals surface area contributed by atoms with Gasteiger partial charge < -0.3 is 9.64 Å². The second kappa shape index (κ2) is 5.47. The molecule has 0 spiro atoms.